The van der Waals surface area contributed by atoms with Crippen molar-refractivity contribution in [2.24, 2.45) is 7.05 Å². The molecular weight excluding hydrogens is 264 g/mol. The van der Waals surface area contributed by atoms with Gasteiger partial charge in [-0.15, -0.1) is 0 Å². The summed E-state index contributed by atoms with van der Waals surface area (Å²) in [6.07, 6.45) is 6.48. The van der Waals surface area contributed by atoms with Crippen LogP contribution in [-0.2, 0) is 20.0 Å². The van der Waals surface area contributed by atoms with Gasteiger partial charge in [0.05, 0.1) is 11.9 Å². The lowest BCUT2D eigenvalue weighted by molar-refractivity contribution is 0.661. The molecule has 0 bridgehead atoms. The van der Waals surface area contributed by atoms with E-state index in [-0.39, 0.29) is 0 Å². The van der Waals surface area contributed by atoms with E-state index >= 15 is 0 Å². The van der Waals surface area contributed by atoms with Crippen molar-refractivity contribution in [1.82, 2.24) is 29.9 Å². The van der Waals surface area contributed by atoms with Gasteiger partial charge >= 0.3 is 0 Å². The molecule has 0 atom stereocenters. The van der Waals surface area contributed by atoms with E-state index < -0.39 is 0 Å². The monoisotopic (exact) mass is 282 g/mol. The normalized spacial score (nSPS) is 10.9. The van der Waals surface area contributed by atoms with Crippen LogP contribution in [0.5, 0.6) is 0 Å². The van der Waals surface area contributed by atoms with Gasteiger partial charge in [0.25, 0.3) is 0 Å². The van der Waals surface area contributed by atoms with Crippen LogP contribution in [-0.4, -0.2) is 31.1 Å². The predicted octanol–water partition coefficient (Wildman–Crippen LogP) is 1.33. The first-order chi connectivity index (χ1) is 10.3. The van der Waals surface area contributed by atoms with Crippen LogP contribution >= 0.6 is 0 Å². The summed E-state index contributed by atoms with van der Waals surface area (Å²) in [4.78, 5) is 4.20. The second-order valence-electron chi connectivity index (χ2n) is 4.89. The van der Waals surface area contributed by atoms with E-state index in [2.05, 4.69) is 20.5 Å². The molecule has 0 spiro atoms. The minimum atomic E-state index is 0.791. The van der Waals surface area contributed by atoms with Gasteiger partial charge in [-0.1, -0.05) is 18.2 Å². The van der Waals surface area contributed by atoms with Crippen molar-refractivity contribution in [1.29, 1.82) is 0 Å². The smallest absolute Gasteiger partial charge is 0.151 e. The fourth-order valence-corrected chi connectivity index (χ4v) is 2.10. The van der Waals surface area contributed by atoms with Crippen LogP contribution in [0.25, 0.3) is 5.69 Å². The highest BCUT2D eigenvalue weighted by atomic mass is 15.3. The van der Waals surface area contributed by atoms with Gasteiger partial charge < -0.3 is 5.32 Å². The zero-order chi connectivity index (χ0) is 14.5. The number of hydrogen-bond donors (Lipinski definition) is 1. The lowest BCUT2D eigenvalue weighted by Gasteiger charge is -2.01. The Bertz CT molecular complexity index is 685. The van der Waals surface area contributed by atoms with Crippen LogP contribution < -0.4 is 5.32 Å². The average molecular weight is 282 g/mol. The maximum Gasteiger partial charge on any atom is 0.151 e. The number of benzene rings is 1. The van der Waals surface area contributed by atoms with Gasteiger partial charge in [-0.3, -0.25) is 4.68 Å². The molecule has 0 saturated carbocycles. The Morgan fingerprint density at radius 2 is 2.05 bits per heavy atom. The number of nitrogens with zero attached hydrogens (tertiary/aromatic N) is 5. The largest absolute Gasteiger partial charge is 0.312 e. The Kier molecular flexibility index (Phi) is 4.07. The number of rotatable bonds is 6. The van der Waals surface area contributed by atoms with Gasteiger partial charge in [-0.05, 0) is 12.1 Å². The summed E-state index contributed by atoms with van der Waals surface area (Å²) in [5, 5.41) is 12.0. The van der Waals surface area contributed by atoms with Crippen LogP contribution in [0.2, 0.25) is 0 Å². The van der Waals surface area contributed by atoms with Gasteiger partial charge in [0, 0.05) is 38.3 Å². The molecule has 0 saturated heterocycles. The van der Waals surface area contributed by atoms with E-state index in [9.17, 15) is 0 Å². The van der Waals surface area contributed by atoms with E-state index in [0.29, 0.717) is 0 Å². The van der Waals surface area contributed by atoms with E-state index in [4.69, 9.17) is 0 Å². The molecule has 2 heterocycles. The van der Waals surface area contributed by atoms with E-state index in [1.165, 1.54) is 0 Å². The van der Waals surface area contributed by atoms with Gasteiger partial charge in [0.15, 0.2) is 5.82 Å². The molecule has 0 unspecified atom stereocenters. The minimum Gasteiger partial charge on any atom is -0.312 e. The third kappa shape index (κ3) is 3.55. The summed E-state index contributed by atoms with van der Waals surface area (Å²) in [7, 11) is 1.88. The van der Waals surface area contributed by atoms with Crippen molar-refractivity contribution < 1.29 is 0 Å². The standard InChI is InChI=1S/C15H18N6/c1-20-12-17-15(19-20)7-8-16-9-13-10-18-21(11-13)14-5-3-2-4-6-14/h2-6,10-12,16H,7-9H2,1H3. The van der Waals surface area contributed by atoms with Crippen LogP contribution in [0.1, 0.15) is 11.4 Å². The Labute approximate surface area is 123 Å². The molecule has 6 nitrogen and oxygen atoms in total. The highest BCUT2D eigenvalue weighted by Crippen LogP contribution is 2.07. The molecule has 1 aromatic carbocycles. The Balaban J connectivity index is 1.49. The zero-order valence-electron chi connectivity index (χ0n) is 12.0. The molecule has 0 aliphatic rings. The van der Waals surface area contributed by atoms with Crippen molar-refractivity contribution in [3.05, 3.63) is 60.4 Å². The molecule has 0 aliphatic heterocycles. The third-order valence-corrected chi connectivity index (χ3v) is 3.16. The molecule has 0 amide bonds. The topological polar surface area (TPSA) is 60.6 Å². The number of aromatic nitrogens is 5. The predicted molar refractivity (Wildman–Crippen MR) is 80.0 cm³/mol. The van der Waals surface area contributed by atoms with Crippen LogP contribution in [0.3, 0.4) is 0 Å². The summed E-state index contributed by atoms with van der Waals surface area (Å²) in [5.74, 6) is 0.866. The number of para-hydroxylation sites is 1. The molecule has 0 aliphatic carbocycles. The number of nitrogens with one attached hydrogen (secondary N) is 1. The summed E-state index contributed by atoms with van der Waals surface area (Å²) in [6, 6.07) is 10.1. The maximum atomic E-state index is 4.38. The summed E-state index contributed by atoms with van der Waals surface area (Å²) in [6.45, 7) is 1.64. The van der Waals surface area contributed by atoms with Gasteiger partial charge in [0.1, 0.15) is 6.33 Å². The van der Waals surface area contributed by atoms with Gasteiger partial charge in [0.2, 0.25) is 0 Å². The highest BCUT2D eigenvalue weighted by molar-refractivity contribution is 5.30. The maximum absolute atomic E-state index is 4.38. The molecule has 108 valence electrons. The molecule has 0 fully saturated rings. The van der Waals surface area contributed by atoms with Crippen molar-refractivity contribution in [2.75, 3.05) is 6.54 Å². The molecule has 3 rings (SSSR count). The van der Waals surface area contributed by atoms with Crippen LogP contribution in [0.15, 0.2) is 49.1 Å². The SMILES string of the molecule is Cn1cnc(CCNCc2cnn(-c3ccccc3)c2)n1. The van der Waals surface area contributed by atoms with Gasteiger partial charge in [-0.2, -0.15) is 10.2 Å². The third-order valence-electron chi connectivity index (χ3n) is 3.16. The van der Waals surface area contributed by atoms with Crippen molar-refractivity contribution in [2.45, 2.75) is 13.0 Å². The molecule has 1 N–H and O–H groups in total. The molecule has 2 aromatic heterocycles. The molecule has 6 heteroatoms. The molecule has 3 aromatic rings. The number of hydrogen-bond acceptors (Lipinski definition) is 4. The number of aryl methyl sites for hydroxylation is 1. The van der Waals surface area contributed by atoms with E-state index in [1.807, 2.05) is 54.5 Å². The summed E-state index contributed by atoms with van der Waals surface area (Å²) in [5.41, 5.74) is 2.23. The Hall–Kier alpha value is -2.47. The van der Waals surface area contributed by atoms with Crippen molar-refractivity contribution >= 4 is 0 Å². The van der Waals surface area contributed by atoms with Crippen molar-refractivity contribution in [3.63, 3.8) is 0 Å². The molecule has 21 heavy (non-hydrogen) atoms. The molecular formula is C15H18N6. The van der Waals surface area contributed by atoms with E-state index in [0.717, 1.165) is 36.6 Å². The second kappa shape index (κ2) is 6.32. The zero-order valence-corrected chi connectivity index (χ0v) is 12.0. The lowest BCUT2D eigenvalue weighted by Crippen LogP contribution is -2.17. The van der Waals surface area contributed by atoms with Crippen LogP contribution in [0.4, 0.5) is 0 Å². The Morgan fingerprint density at radius 1 is 1.19 bits per heavy atom. The van der Waals surface area contributed by atoms with E-state index in [1.54, 1.807) is 11.0 Å². The quantitative estimate of drug-likeness (QED) is 0.693. The Morgan fingerprint density at radius 3 is 2.81 bits per heavy atom. The fourth-order valence-electron chi connectivity index (χ4n) is 2.10. The second-order valence-corrected chi connectivity index (χ2v) is 4.89. The first-order valence-electron chi connectivity index (χ1n) is 6.95. The van der Waals surface area contributed by atoms with Crippen molar-refractivity contribution in [3.8, 4) is 5.69 Å². The summed E-state index contributed by atoms with van der Waals surface area (Å²) >= 11 is 0. The highest BCUT2D eigenvalue weighted by Gasteiger charge is 2.01. The first kappa shape index (κ1) is 13.5. The fraction of sp³-hybridized carbons (Fsp3) is 0.267. The first-order valence-corrected chi connectivity index (χ1v) is 6.95. The molecule has 0 radical (unpaired) electrons. The average Bonchev–Trinajstić information content (AvgIpc) is 3.14. The van der Waals surface area contributed by atoms with Gasteiger partial charge in [-0.25, -0.2) is 9.67 Å². The lowest BCUT2D eigenvalue weighted by atomic mass is 10.3. The summed E-state index contributed by atoms with van der Waals surface area (Å²) < 4.78 is 3.61. The minimum absolute atomic E-state index is 0.791. The van der Waals surface area contributed by atoms with Crippen LogP contribution in [0, 0.1) is 0 Å².